The summed E-state index contributed by atoms with van der Waals surface area (Å²) in [6.07, 6.45) is 1.04. The molecule has 0 bridgehead atoms. The maximum atomic E-state index is 5.97. The van der Waals surface area contributed by atoms with Gasteiger partial charge in [-0.15, -0.1) is 11.3 Å². The predicted molar refractivity (Wildman–Crippen MR) is 61.6 cm³/mol. The van der Waals surface area contributed by atoms with Gasteiger partial charge in [0.15, 0.2) is 0 Å². The van der Waals surface area contributed by atoms with Crippen molar-refractivity contribution in [3.05, 3.63) is 22.4 Å². The highest BCUT2D eigenvalue weighted by Gasteiger charge is 2.22. The number of hydrogen-bond acceptors (Lipinski definition) is 3. The minimum atomic E-state index is -0.0893. The molecule has 1 unspecified atom stereocenters. The number of nitrogens with two attached hydrogens (primary N) is 1. The summed E-state index contributed by atoms with van der Waals surface area (Å²) in [4.78, 5) is 1.22. The van der Waals surface area contributed by atoms with Crippen molar-refractivity contribution >= 4 is 11.3 Å². The SMILES string of the molecule is CCC(C)(C)OC(CN)c1cccs1. The minimum absolute atomic E-state index is 0.0462. The Kier molecular flexibility index (Phi) is 4.11. The highest BCUT2D eigenvalue weighted by molar-refractivity contribution is 7.10. The lowest BCUT2D eigenvalue weighted by Crippen LogP contribution is -2.29. The maximum absolute atomic E-state index is 5.97. The van der Waals surface area contributed by atoms with Crippen LogP contribution in [-0.4, -0.2) is 12.1 Å². The van der Waals surface area contributed by atoms with E-state index in [0.717, 1.165) is 6.42 Å². The van der Waals surface area contributed by atoms with Gasteiger partial charge in [-0.3, -0.25) is 0 Å². The summed E-state index contributed by atoms with van der Waals surface area (Å²) in [5.41, 5.74) is 5.62. The molecule has 0 aliphatic carbocycles. The van der Waals surface area contributed by atoms with Crippen molar-refractivity contribution in [3.8, 4) is 0 Å². The Hall–Kier alpha value is -0.380. The zero-order valence-corrected chi connectivity index (χ0v) is 9.93. The molecule has 0 saturated carbocycles. The van der Waals surface area contributed by atoms with Crippen molar-refractivity contribution in [2.45, 2.75) is 38.9 Å². The molecule has 0 aliphatic rings. The number of rotatable bonds is 5. The smallest absolute Gasteiger partial charge is 0.105 e. The number of thiophene rings is 1. The Balaban J connectivity index is 2.65. The summed E-state index contributed by atoms with van der Waals surface area (Å²) in [6.45, 7) is 6.87. The monoisotopic (exact) mass is 213 g/mol. The third kappa shape index (κ3) is 3.08. The van der Waals surface area contributed by atoms with Crippen LogP contribution in [0, 0.1) is 0 Å². The average molecular weight is 213 g/mol. The minimum Gasteiger partial charge on any atom is -0.366 e. The van der Waals surface area contributed by atoms with Gasteiger partial charge in [0.05, 0.1) is 5.60 Å². The van der Waals surface area contributed by atoms with E-state index in [2.05, 4.69) is 32.2 Å². The van der Waals surface area contributed by atoms with Crippen LogP contribution in [0.5, 0.6) is 0 Å². The van der Waals surface area contributed by atoms with Crippen LogP contribution in [0.1, 0.15) is 38.2 Å². The lowest BCUT2D eigenvalue weighted by atomic mass is 10.1. The van der Waals surface area contributed by atoms with Crippen molar-refractivity contribution < 1.29 is 4.74 Å². The molecule has 3 heteroatoms. The van der Waals surface area contributed by atoms with E-state index in [1.807, 2.05) is 6.07 Å². The van der Waals surface area contributed by atoms with E-state index >= 15 is 0 Å². The van der Waals surface area contributed by atoms with E-state index in [0.29, 0.717) is 6.54 Å². The highest BCUT2D eigenvalue weighted by atomic mass is 32.1. The van der Waals surface area contributed by atoms with Crippen LogP contribution in [0.15, 0.2) is 17.5 Å². The van der Waals surface area contributed by atoms with Crippen LogP contribution in [0.25, 0.3) is 0 Å². The second-order valence-electron chi connectivity index (χ2n) is 3.97. The van der Waals surface area contributed by atoms with Gasteiger partial charge < -0.3 is 10.5 Å². The lowest BCUT2D eigenvalue weighted by molar-refractivity contribution is -0.0698. The topological polar surface area (TPSA) is 35.2 Å². The Morgan fingerprint density at radius 2 is 2.29 bits per heavy atom. The molecular weight excluding hydrogens is 194 g/mol. The first-order valence-corrected chi connectivity index (χ1v) is 5.88. The molecule has 0 amide bonds. The van der Waals surface area contributed by atoms with Gasteiger partial charge in [0.1, 0.15) is 6.10 Å². The zero-order valence-electron chi connectivity index (χ0n) is 9.12. The van der Waals surface area contributed by atoms with Crippen molar-refractivity contribution in [3.63, 3.8) is 0 Å². The molecular formula is C11H19NOS. The summed E-state index contributed by atoms with van der Waals surface area (Å²) in [7, 11) is 0. The van der Waals surface area contributed by atoms with E-state index in [4.69, 9.17) is 10.5 Å². The van der Waals surface area contributed by atoms with Crippen LogP contribution >= 0.6 is 11.3 Å². The van der Waals surface area contributed by atoms with Gasteiger partial charge in [-0.1, -0.05) is 13.0 Å². The Labute approximate surface area is 90.1 Å². The van der Waals surface area contributed by atoms with Gasteiger partial charge in [-0.05, 0) is 31.7 Å². The quantitative estimate of drug-likeness (QED) is 0.816. The molecule has 1 atom stereocenters. The van der Waals surface area contributed by atoms with Crippen LogP contribution in [0.4, 0.5) is 0 Å². The molecule has 0 aromatic carbocycles. The third-order valence-electron chi connectivity index (χ3n) is 2.39. The fourth-order valence-corrected chi connectivity index (χ4v) is 1.93. The Bertz CT molecular complexity index is 256. The standard InChI is InChI=1S/C11H19NOS/c1-4-11(2,3)13-9(8-12)10-6-5-7-14-10/h5-7,9H,4,8,12H2,1-3H3. The molecule has 0 aliphatic heterocycles. The normalized spacial score (nSPS) is 14.3. The molecule has 80 valence electrons. The van der Waals surface area contributed by atoms with Crippen LogP contribution < -0.4 is 5.73 Å². The van der Waals surface area contributed by atoms with Gasteiger partial charge in [-0.25, -0.2) is 0 Å². The molecule has 0 fully saturated rings. The average Bonchev–Trinajstić information content (AvgIpc) is 2.67. The van der Waals surface area contributed by atoms with Gasteiger partial charge in [0, 0.05) is 11.4 Å². The number of ether oxygens (including phenoxy) is 1. The van der Waals surface area contributed by atoms with Crippen molar-refractivity contribution in [1.82, 2.24) is 0 Å². The molecule has 2 nitrogen and oxygen atoms in total. The summed E-state index contributed by atoms with van der Waals surface area (Å²) in [5, 5.41) is 2.06. The predicted octanol–water partition coefficient (Wildman–Crippen LogP) is 2.95. The van der Waals surface area contributed by atoms with Gasteiger partial charge in [0.2, 0.25) is 0 Å². The molecule has 0 saturated heterocycles. The highest BCUT2D eigenvalue weighted by Crippen LogP contribution is 2.28. The van der Waals surface area contributed by atoms with E-state index in [-0.39, 0.29) is 11.7 Å². The summed E-state index contributed by atoms with van der Waals surface area (Å²) in [5.74, 6) is 0. The summed E-state index contributed by atoms with van der Waals surface area (Å²) >= 11 is 1.70. The Morgan fingerprint density at radius 3 is 2.71 bits per heavy atom. The summed E-state index contributed by atoms with van der Waals surface area (Å²) in [6, 6.07) is 4.11. The lowest BCUT2D eigenvalue weighted by Gasteiger charge is -2.28. The molecule has 14 heavy (non-hydrogen) atoms. The number of hydrogen-bond donors (Lipinski definition) is 1. The fourth-order valence-electron chi connectivity index (χ4n) is 1.17. The molecule has 0 spiro atoms. The van der Waals surface area contributed by atoms with Crippen LogP contribution in [0.3, 0.4) is 0 Å². The molecule has 1 heterocycles. The second kappa shape index (κ2) is 4.91. The van der Waals surface area contributed by atoms with E-state index in [1.54, 1.807) is 11.3 Å². The van der Waals surface area contributed by atoms with Crippen LogP contribution in [-0.2, 0) is 4.74 Å². The first-order chi connectivity index (χ1) is 6.59. The van der Waals surface area contributed by atoms with Gasteiger partial charge in [-0.2, -0.15) is 0 Å². The van der Waals surface area contributed by atoms with E-state index in [9.17, 15) is 0 Å². The molecule has 1 aromatic rings. The third-order valence-corrected chi connectivity index (χ3v) is 3.35. The molecule has 1 rings (SSSR count). The van der Waals surface area contributed by atoms with Gasteiger partial charge in [0.25, 0.3) is 0 Å². The molecule has 1 aromatic heterocycles. The van der Waals surface area contributed by atoms with Crippen molar-refractivity contribution in [2.75, 3.05) is 6.54 Å². The van der Waals surface area contributed by atoms with E-state index < -0.39 is 0 Å². The Morgan fingerprint density at radius 1 is 1.57 bits per heavy atom. The summed E-state index contributed by atoms with van der Waals surface area (Å²) < 4.78 is 5.97. The first-order valence-electron chi connectivity index (χ1n) is 5.00. The van der Waals surface area contributed by atoms with E-state index in [1.165, 1.54) is 4.88 Å². The largest absolute Gasteiger partial charge is 0.366 e. The molecule has 0 radical (unpaired) electrons. The molecule has 2 N–H and O–H groups in total. The van der Waals surface area contributed by atoms with Crippen molar-refractivity contribution in [2.24, 2.45) is 5.73 Å². The zero-order chi connectivity index (χ0) is 10.6. The maximum Gasteiger partial charge on any atom is 0.105 e. The fraction of sp³-hybridized carbons (Fsp3) is 0.636. The second-order valence-corrected chi connectivity index (χ2v) is 4.95. The van der Waals surface area contributed by atoms with Gasteiger partial charge >= 0.3 is 0 Å². The van der Waals surface area contributed by atoms with Crippen molar-refractivity contribution in [1.29, 1.82) is 0 Å². The first kappa shape index (κ1) is 11.7. The van der Waals surface area contributed by atoms with Crippen LogP contribution in [0.2, 0.25) is 0 Å².